The molecule has 2 atom stereocenters. The molecule has 4 heteroatoms. The van der Waals surface area contributed by atoms with Crippen LogP contribution < -0.4 is 5.32 Å². The third kappa shape index (κ3) is 2.36. The monoisotopic (exact) mass is 305 g/mol. The van der Waals surface area contributed by atoms with Crippen molar-refractivity contribution < 1.29 is 4.79 Å². The number of nitrogens with one attached hydrogen (secondary N) is 1. The predicted octanol–water partition coefficient (Wildman–Crippen LogP) is 4.00. The van der Waals surface area contributed by atoms with Gasteiger partial charge in [0.2, 0.25) is 0 Å². The number of halogens is 1. The van der Waals surface area contributed by atoms with Crippen LogP contribution in [-0.4, -0.2) is 11.3 Å². The first-order valence-electron chi connectivity index (χ1n) is 6.66. The molecular weight excluding hydrogens is 290 g/mol. The second-order valence-corrected chi connectivity index (χ2v) is 7.04. The van der Waals surface area contributed by atoms with Gasteiger partial charge in [-0.05, 0) is 43.0 Å². The third-order valence-corrected chi connectivity index (χ3v) is 5.40. The van der Waals surface area contributed by atoms with Gasteiger partial charge in [0.1, 0.15) is 0 Å². The Labute approximate surface area is 127 Å². The summed E-state index contributed by atoms with van der Waals surface area (Å²) in [6, 6.07) is 9.98. The van der Waals surface area contributed by atoms with E-state index in [0.717, 1.165) is 22.4 Å². The summed E-state index contributed by atoms with van der Waals surface area (Å²) >= 11 is 7.93. The number of alkyl halides is 1. The van der Waals surface area contributed by atoms with Gasteiger partial charge in [0.15, 0.2) is 0 Å². The number of benzene rings is 1. The fourth-order valence-corrected chi connectivity index (χ4v) is 3.91. The average Bonchev–Trinajstić information content (AvgIpc) is 2.91. The Morgan fingerprint density at radius 3 is 2.80 bits per heavy atom. The number of fused-ring (bicyclic) bond motifs is 1. The number of rotatable bonds is 2. The van der Waals surface area contributed by atoms with Crippen LogP contribution in [0.4, 0.5) is 0 Å². The van der Waals surface area contributed by atoms with Crippen molar-refractivity contribution in [2.75, 3.05) is 0 Å². The van der Waals surface area contributed by atoms with Crippen molar-refractivity contribution in [1.29, 1.82) is 0 Å². The van der Waals surface area contributed by atoms with E-state index in [2.05, 4.69) is 11.4 Å². The molecule has 104 valence electrons. The highest BCUT2D eigenvalue weighted by molar-refractivity contribution is 7.14. The molecule has 3 rings (SSSR count). The van der Waals surface area contributed by atoms with Crippen LogP contribution in [0.15, 0.2) is 30.3 Å². The summed E-state index contributed by atoms with van der Waals surface area (Å²) in [4.78, 5) is 14.3. The molecular formula is C16H16ClNOS. The molecule has 1 aromatic heterocycles. The highest BCUT2D eigenvalue weighted by Gasteiger charge is 2.32. The number of hydrogen-bond acceptors (Lipinski definition) is 2. The average molecular weight is 306 g/mol. The van der Waals surface area contributed by atoms with Gasteiger partial charge in [-0.25, -0.2) is 0 Å². The quantitative estimate of drug-likeness (QED) is 0.835. The van der Waals surface area contributed by atoms with E-state index in [1.54, 1.807) is 0 Å². The highest BCUT2D eigenvalue weighted by atomic mass is 35.5. The minimum atomic E-state index is -0.0944. The highest BCUT2D eigenvalue weighted by Crippen LogP contribution is 2.35. The van der Waals surface area contributed by atoms with Gasteiger partial charge in [-0.3, -0.25) is 4.79 Å². The molecule has 0 radical (unpaired) electrons. The summed E-state index contributed by atoms with van der Waals surface area (Å²) in [6.45, 7) is 4.06. The van der Waals surface area contributed by atoms with Gasteiger partial charge in [0, 0.05) is 4.88 Å². The van der Waals surface area contributed by atoms with Gasteiger partial charge in [0.25, 0.3) is 5.91 Å². The summed E-state index contributed by atoms with van der Waals surface area (Å²) in [5.74, 6) is -0.0291. The van der Waals surface area contributed by atoms with Gasteiger partial charge in [0.05, 0.1) is 16.3 Å². The minimum Gasteiger partial charge on any atom is -0.343 e. The van der Waals surface area contributed by atoms with E-state index in [1.165, 1.54) is 21.8 Å². The van der Waals surface area contributed by atoms with Gasteiger partial charge < -0.3 is 5.32 Å². The molecule has 1 aromatic carbocycles. The topological polar surface area (TPSA) is 29.1 Å². The van der Waals surface area contributed by atoms with Crippen molar-refractivity contribution in [2.24, 2.45) is 0 Å². The zero-order valence-electron chi connectivity index (χ0n) is 11.4. The molecule has 1 aliphatic rings. The van der Waals surface area contributed by atoms with Gasteiger partial charge >= 0.3 is 0 Å². The molecule has 2 unspecified atom stereocenters. The maximum absolute atomic E-state index is 12.4. The molecule has 20 heavy (non-hydrogen) atoms. The number of thiophene rings is 1. The van der Waals surface area contributed by atoms with E-state index in [4.69, 9.17) is 11.6 Å². The lowest BCUT2D eigenvalue weighted by atomic mass is 10.1. The zero-order chi connectivity index (χ0) is 14.3. The molecule has 0 aliphatic heterocycles. The molecule has 0 bridgehead atoms. The van der Waals surface area contributed by atoms with Crippen LogP contribution in [0.5, 0.6) is 0 Å². The smallest absolute Gasteiger partial charge is 0.261 e. The Bertz CT molecular complexity index is 645. The van der Waals surface area contributed by atoms with Crippen molar-refractivity contribution in [3.8, 4) is 0 Å². The van der Waals surface area contributed by atoms with Crippen LogP contribution in [0.1, 0.15) is 37.3 Å². The first-order chi connectivity index (χ1) is 9.56. The second kappa shape index (κ2) is 5.23. The summed E-state index contributed by atoms with van der Waals surface area (Å²) in [7, 11) is 0. The SMILES string of the molecule is Cc1cc(C(=O)NC2c3ccccc3CC2Cl)sc1C. The van der Waals surface area contributed by atoms with Crippen LogP contribution in [0, 0.1) is 13.8 Å². The molecule has 0 spiro atoms. The number of aryl methyl sites for hydroxylation is 2. The largest absolute Gasteiger partial charge is 0.343 e. The number of carbonyl (C=O) groups is 1. The van der Waals surface area contributed by atoms with Crippen LogP contribution in [0.3, 0.4) is 0 Å². The summed E-state index contributed by atoms with van der Waals surface area (Å²) < 4.78 is 0. The zero-order valence-corrected chi connectivity index (χ0v) is 13.0. The van der Waals surface area contributed by atoms with Crippen molar-refractivity contribution in [3.05, 3.63) is 56.8 Å². The van der Waals surface area contributed by atoms with Crippen molar-refractivity contribution >= 4 is 28.8 Å². The predicted molar refractivity (Wildman–Crippen MR) is 83.8 cm³/mol. The molecule has 2 aromatic rings. The molecule has 1 N–H and O–H groups in total. The molecule has 2 nitrogen and oxygen atoms in total. The van der Waals surface area contributed by atoms with E-state index in [9.17, 15) is 4.79 Å². The van der Waals surface area contributed by atoms with E-state index >= 15 is 0 Å². The van der Waals surface area contributed by atoms with Crippen LogP contribution >= 0.6 is 22.9 Å². The van der Waals surface area contributed by atoms with Crippen LogP contribution in [0.2, 0.25) is 0 Å². The van der Waals surface area contributed by atoms with Crippen molar-refractivity contribution in [1.82, 2.24) is 5.32 Å². The maximum atomic E-state index is 12.4. The van der Waals surface area contributed by atoms with Crippen molar-refractivity contribution in [3.63, 3.8) is 0 Å². The Morgan fingerprint density at radius 2 is 2.10 bits per heavy atom. The van der Waals surface area contributed by atoms with E-state index in [-0.39, 0.29) is 17.3 Å². The van der Waals surface area contributed by atoms with E-state index in [0.29, 0.717) is 0 Å². The summed E-state index contributed by atoms with van der Waals surface area (Å²) in [5.41, 5.74) is 3.54. The molecule has 1 heterocycles. The van der Waals surface area contributed by atoms with Gasteiger partial charge in [-0.2, -0.15) is 0 Å². The number of carbonyl (C=O) groups excluding carboxylic acids is 1. The third-order valence-electron chi connectivity index (χ3n) is 3.84. The van der Waals surface area contributed by atoms with Crippen LogP contribution in [0.25, 0.3) is 0 Å². The lowest BCUT2D eigenvalue weighted by Gasteiger charge is -2.16. The lowest BCUT2D eigenvalue weighted by Crippen LogP contribution is -2.31. The number of hydrogen-bond donors (Lipinski definition) is 1. The maximum Gasteiger partial charge on any atom is 0.261 e. The van der Waals surface area contributed by atoms with Crippen LogP contribution in [-0.2, 0) is 6.42 Å². The molecule has 0 saturated carbocycles. The lowest BCUT2D eigenvalue weighted by molar-refractivity contribution is 0.0941. The van der Waals surface area contributed by atoms with Crippen molar-refractivity contribution in [2.45, 2.75) is 31.7 Å². The van der Waals surface area contributed by atoms with Gasteiger partial charge in [-0.1, -0.05) is 24.3 Å². The molecule has 1 aliphatic carbocycles. The Balaban J connectivity index is 1.83. The first kappa shape index (κ1) is 13.7. The molecule has 0 fully saturated rings. The molecule has 1 amide bonds. The minimum absolute atomic E-state index is 0.0291. The standard InChI is InChI=1S/C16H16ClNOS/c1-9-7-14(20-10(9)2)16(19)18-15-12-6-4-3-5-11(12)8-13(15)17/h3-7,13,15H,8H2,1-2H3,(H,18,19). The molecule has 0 saturated heterocycles. The summed E-state index contributed by atoms with van der Waals surface area (Å²) in [6.07, 6.45) is 0.811. The van der Waals surface area contributed by atoms with E-state index in [1.807, 2.05) is 38.1 Å². The van der Waals surface area contributed by atoms with E-state index < -0.39 is 0 Å². The normalized spacial score (nSPS) is 20.8. The number of amides is 1. The van der Waals surface area contributed by atoms with Gasteiger partial charge in [-0.15, -0.1) is 22.9 Å². The summed E-state index contributed by atoms with van der Waals surface area (Å²) in [5, 5.41) is 3.01. The Kier molecular flexibility index (Phi) is 3.57. The second-order valence-electron chi connectivity index (χ2n) is 5.22. The Hall–Kier alpha value is -1.32. The fraction of sp³-hybridized carbons (Fsp3) is 0.312. The Morgan fingerprint density at radius 1 is 1.35 bits per heavy atom. The first-order valence-corrected chi connectivity index (χ1v) is 7.91. The fourth-order valence-electron chi connectivity index (χ4n) is 2.61.